The number of ether oxygens (including phenoxy) is 1. The largest absolute Gasteiger partial charge is 0.453 e. The van der Waals surface area contributed by atoms with Gasteiger partial charge in [-0.1, -0.05) is 34.8 Å². The number of anilines is 1. The monoisotopic (exact) mass is 308 g/mol. The molecule has 1 aromatic carbocycles. The Balaban J connectivity index is 2.57. The molecule has 0 aliphatic carbocycles. The van der Waals surface area contributed by atoms with Crippen LogP contribution >= 0.6 is 34.8 Å². The van der Waals surface area contributed by atoms with Gasteiger partial charge >= 0.3 is 5.97 Å². The normalized spacial score (nSPS) is 10.9. The SMILES string of the molecule is O=CC(=O)OCC(Cl)=NNc1ccc(Cl)cc1Cl. The minimum absolute atomic E-state index is 0.0354. The van der Waals surface area contributed by atoms with Crippen molar-refractivity contribution in [2.45, 2.75) is 0 Å². The number of hydrogen-bond donors (Lipinski definition) is 1. The van der Waals surface area contributed by atoms with Crippen LogP contribution in [0.1, 0.15) is 0 Å². The summed E-state index contributed by atoms with van der Waals surface area (Å²) in [6.45, 7) is -0.308. The van der Waals surface area contributed by atoms with Crippen LogP contribution in [0.2, 0.25) is 10.0 Å². The molecule has 0 aliphatic rings. The maximum absolute atomic E-state index is 10.5. The molecule has 0 saturated carbocycles. The Hall–Kier alpha value is -1.30. The summed E-state index contributed by atoms with van der Waals surface area (Å²) in [4.78, 5) is 20.5. The first kappa shape index (κ1) is 14.8. The molecule has 0 heterocycles. The minimum Gasteiger partial charge on any atom is -0.453 e. The lowest BCUT2D eigenvalue weighted by Crippen LogP contribution is -2.11. The standard InChI is InChI=1S/C10H7Cl3N2O3/c11-6-1-2-8(7(12)3-6)14-15-9(13)5-18-10(17)4-16/h1-4,14H,5H2. The van der Waals surface area contributed by atoms with Crippen molar-refractivity contribution in [3.8, 4) is 0 Å². The fraction of sp³-hybridized carbons (Fsp3) is 0.100. The summed E-state index contributed by atoms with van der Waals surface area (Å²) in [5.41, 5.74) is 3.05. The highest BCUT2D eigenvalue weighted by Gasteiger charge is 2.03. The minimum atomic E-state index is -1.02. The topological polar surface area (TPSA) is 67.8 Å². The number of carbonyl (C=O) groups excluding carboxylic acids is 2. The quantitative estimate of drug-likeness (QED) is 0.298. The summed E-state index contributed by atoms with van der Waals surface area (Å²) in [6, 6.07) is 4.75. The fourth-order valence-corrected chi connectivity index (χ4v) is 1.45. The average Bonchev–Trinajstić information content (AvgIpc) is 2.34. The predicted octanol–water partition coefficient (Wildman–Crippen LogP) is 2.70. The molecule has 0 aromatic heterocycles. The Morgan fingerprint density at radius 2 is 2.17 bits per heavy atom. The molecular formula is C10H7Cl3N2O3. The van der Waals surface area contributed by atoms with Crippen molar-refractivity contribution in [2.24, 2.45) is 5.10 Å². The van der Waals surface area contributed by atoms with Crippen molar-refractivity contribution >= 4 is 57.9 Å². The molecular weight excluding hydrogens is 302 g/mol. The molecule has 1 aromatic rings. The second-order valence-electron chi connectivity index (χ2n) is 2.95. The number of benzene rings is 1. The Morgan fingerprint density at radius 1 is 1.44 bits per heavy atom. The van der Waals surface area contributed by atoms with E-state index >= 15 is 0 Å². The van der Waals surface area contributed by atoms with Crippen molar-refractivity contribution in [3.63, 3.8) is 0 Å². The van der Waals surface area contributed by atoms with E-state index in [1.807, 2.05) is 0 Å². The van der Waals surface area contributed by atoms with Gasteiger partial charge in [-0.3, -0.25) is 10.2 Å². The van der Waals surface area contributed by atoms with Crippen molar-refractivity contribution in [1.82, 2.24) is 0 Å². The number of halogens is 3. The summed E-state index contributed by atoms with van der Waals surface area (Å²) in [7, 11) is 0. The maximum atomic E-state index is 10.5. The van der Waals surface area contributed by atoms with E-state index in [2.05, 4.69) is 15.3 Å². The number of aldehydes is 1. The molecule has 1 N–H and O–H groups in total. The number of nitrogens with zero attached hydrogens (tertiary/aromatic N) is 1. The lowest BCUT2D eigenvalue weighted by atomic mass is 10.3. The molecule has 96 valence electrons. The molecule has 0 radical (unpaired) electrons. The third-order valence-electron chi connectivity index (χ3n) is 1.66. The van der Waals surface area contributed by atoms with Crippen molar-refractivity contribution in [2.75, 3.05) is 12.0 Å². The van der Waals surface area contributed by atoms with Crippen LogP contribution in [0, 0.1) is 0 Å². The number of carbonyl (C=O) groups is 2. The van der Waals surface area contributed by atoms with Gasteiger partial charge in [-0.15, -0.1) is 0 Å². The molecule has 0 aliphatic heterocycles. The summed E-state index contributed by atoms with van der Waals surface area (Å²) in [5.74, 6) is -1.02. The highest BCUT2D eigenvalue weighted by atomic mass is 35.5. The summed E-state index contributed by atoms with van der Waals surface area (Å²) >= 11 is 17.2. The van der Waals surface area contributed by atoms with Gasteiger partial charge in [-0.2, -0.15) is 5.10 Å². The summed E-state index contributed by atoms with van der Waals surface area (Å²) < 4.78 is 4.43. The van der Waals surface area contributed by atoms with Crippen LogP contribution in [0.4, 0.5) is 5.69 Å². The first-order chi connectivity index (χ1) is 8.52. The molecule has 0 saturated heterocycles. The smallest absolute Gasteiger partial charge is 0.371 e. The number of rotatable bonds is 5. The van der Waals surface area contributed by atoms with Gasteiger partial charge < -0.3 is 4.74 Å². The highest BCUT2D eigenvalue weighted by Crippen LogP contribution is 2.25. The van der Waals surface area contributed by atoms with Gasteiger partial charge in [0.25, 0.3) is 0 Å². The van der Waals surface area contributed by atoms with E-state index in [4.69, 9.17) is 34.8 Å². The lowest BCUT2D eigenvalue weighted by molar-refractivity contribution is -0.147. The number of nitrogens with one attached hydrogen (secondary N) is 1. The zero-order valence-electron chi connectivity index (χ0n) is 8.82. The number of esters is 1. The van der Waals surface area contributed by atoms with Gasteiger partial charge in [0, 0.05) is 5.02 Å². The van der Waals surface area contributed by atoms with Gasteiger partial charge in [0.2, 0.25) is 6.29 Å². The molecule has 1 rings (SSSR count). The first-order valence-electron chi connectivity index (χ1n) is 4.58. The number of hydrazone groups is 1. The molecule has 0 bridgehead atoms. The second kappa shape index (κ2) is 7.20. The van der Waals surface area contributed by atoms with E-state index in [1.54, 1.807) is 12.1 Å². The molecule has 0 amide bonds. The maximum Gasteiger partial charge on any atom is 0.371 e. The molecule has 0 fully saturated rings. The van der Waals surface area contributed by atoms with Crippen molar-refractivity contribution in [1.29, 1.82) is 0 Å². The van der Waals surface area contributed by atoms with E-state index in [0.717, 1.165) is 0 Å². The third-order valence-corrected chi connectivity index (χ3v) is 2.40. The van der Waals surface area contributed by atoms with E-state index in [9.17, 15) is 9.59 Å². The predicted molar refractivity (Wildman–Crippen MR) is 70.4 cm³/mol. The van der Waals surface area contributed by atoms with E-state index in [1.165, 1.54) is 6.07 Å². The highest BCUT2D eigenvalue weighted by molar-refractivity contribution is 6.66. The first-order valence-corrected chi connectivity index (χ1v) is 5.71. The summed E-state index contributed by atoms with van der Waals surface area (Å²) in [5, 5.41) is 4.51. The van der Waals surface area contributed by atoms with Crippen molar-refractivity contribution in [3.05, 3.63) is 28.2 Å². The van der Waals surface area contributed by atoms with Crippen LogP contribution < -0.4 is 5.43 Å². The van der Waals surface area contributed by atoms with Gasteiger partial charge in [0.15, 0.2) is 5.17 Å². The molecule has 18 heavy (non-hydrogen) atoms. The van der Waals surface area contributed by atoms with Crippen LogP contribution in [-0.4, -0.2) is 24.0 Å². The van der Waals surface area contributed by atoms with E-state index in [0.29, 0.717) is 15.7 Å². The fourth-order valence-electron chi connectivity index (χ4n) is 0.898. The van der Waals surface area contributed by atoms with Crippen LogP contribution in [0.5, 0.6) is 0 Å². The molecule has 8 heteroatoms. The van der Waals surface area contributed by atoms with Crippen molar-refractivity contribution < 1.29 is 14.3 Å². The summed E-state index contributed by atoms with van der Waals surface area (Å²) in [6.07, 6.45) is 0.0354. The van der Waals surface area contributed by atoms with Crippen LogP contribution in [-0.2, 0) is 14.3 Å². The van der Waals surface area contributed by atoms with Gasteiger partial charge in [-0.05, 0) is 18.2 Å². The zero-order valence-corrected chi connectivity index (χ0v) is 11.1. The number of hydrogen-bond acceptors (Lipinski definition) is 5. The molecule has 5 nitrogen and oxygen atoms in total. The Morgan fingerprint density at radius 3 is 2.78 bits per heavy atom. The van der Waals surface area contributed by atoms with Gasteiger partial charge in [0.05, 0.1) is 10.7 Å². The zero-order chi connectivity index (χ0) is 13.5. The molecule has 0 atom stereocenters. The van der Waals surface area contributed by atoms with Gasteiger partial charge in [0.1, 0.15) is 6.61 Å². The Bertz CT molecular complexity index is 491. The van der Waals surface area contributed by atoms with Crippen LogP contribution in [0.3, 0.4) is 0 Å². The second-order valence-corrected chi connectivity index (χ2v) is 4.23. The lowest BCUT2D eigenvalue weighted by Gasteiger charge is -2.04. The third kappa shape index (κ3) is 4.91. The Labute approximate surface area is 118 Å². The Kier molecular flexibility index (Phi) is 5.91. The van der Waals surface area contributed by atoms with E-state index < -0.39 is 5.97 Å². The van der Waals surface area contributed by atoms with Crippen LogP contribution in [0.25, 0.3) is 0 Å². The van der Waals surface area contributed by atoms with E-state index in [-0.39, 0.29) is 18.1 Å². The molecule has 0 spiro atoms. The molecule has 0 unspecified atom stereocenters. The average molecular weight is 310 g/mol. The van der Waals surface area contributed by atoms with Gasteiger partial charge in [-0.25, -0.2) is 4.79 Å². The van der Waals surface area contributed by atoms with Crippen LogP contribution in [0.15, 0.2) is 23.3 Å².